The van der Waals surface area contributed by atoms with Gasteiger partial charge >= 0.3 is 0 Å². The van der Waals surface area contributed by atoms with Gasteiger partial charge in [0.25, 0.3) is 0 Å². The van der Waals surface area contributed by atoms with E-state index in [0.717, 1.165) is 22.9 Å². The largest absolute Gasteiger partial charge is 0.309 e. The molecule has 0 amide bonds. The van der Waals surface area contributed by atoms with Crippen molar-refractivity contribution < 1.29 is 0 Å². The molecule has 0 aliphatic rings. The fraction of sp³-hybridized carbons (Fsp3) is 0.158. The van der Waals surface area contributed by atoms with Crippen LogP contribution in [-0.2, 0) is 0 Å². The number of nitrogens with zero attached hydrogens (tertiary/aromatic N) is 4. The molecule has 0 unspecified atom stereocenters. The second kappa shape index (κ2) is 11.1. The molecule has 0 saturated heterocycles. The quantitative estimate of drug-likeness (QED) is 0.207. The summed E-state index contributed by atoms with van der Waals surface area (Å²) in [6.07, 6.45) is 3.39. The standard InChI is InChI=1S/C38H36N4/c1-25-19-27(3)37(28(4)20-25)42(38-29(5)21-26(2)22-30(38)6)34-15-13-33(14-16-34)41(36-17-18-39-24-40-36)35-12-11-31-9-7-8-10-32(31)23-35/h7-24H,1-6H3. The Bertz CT molecular complexity index is 1790. The number of rotatable bonds is 6. The summed E-state index contributed by atoms with van der Waals surface area (Å²) in [5, 5.41) is 2.40. The molecule has 0 radical (unpaired) electrons. The monoisotopic (exact) mass is 548 g/mol. The molecule has 0 spiro atoms. The van der Waals surface area contributed by atoms with Crippen molar-refractivity contribution in [3.63, 3.8) is 0 Å². The summed E-state index contributed by atoms with van der Waals surface area (Å²) in [6.45, 7) is 13.2. The number of hydrogen-bond acceptors (Lipinski definition) is 4. The van der Waals surface area contributed by atoms with E-state index in [1.54, 1.807) is 12.5 Å². The third kappa shape index (κ3) is 5.12. The normalized spacial score (nSPS) is 11.1. The van der Waals surface area contributed by atoms with E-state index in [1.165, 1.54) is 55.5 Å². The van der Waals surface area contributed by atoms with Crippen molar-refractivity contribution >= 4 is 45.0 Å². The van der Waals surface area contributed by atoms with Crippen molar-refractivity contribution in [1.82, 2.24) is 9.97 Å². The first-order chi connectivity index (χ1) is 20.3. The third-order valence-corrected chi connectivity index (χ3v) is 7.87. The molecule has 5 aromatic carbocycles. The first-order valence-corrected chi connectivity index (χ1v) is 14.4. The van der Waals surface area contributed by atoms with Crippen molar-refractivity contribution in [2.45, 2.75) is 41.5 Å². The highest BCUT2D eigenvalue weighted by Crippen LogP contribution is 2.44. The molecular weight excluding hydrogens is 512 g/mol. The third-order valence-electron chi connectivity index (χ3n) is 7.87. The topological polar surface area (TPSA) is 32.3 Å². The molecule has 0 aliphatic heterocycles. The van der Waals surface area contributed by atoms with E-state index < -0.39 is 0 Å². The second-order valence-corrected chi connectivity index (χ2v) is 11.3. The highest BCUT2D eigenvalue weighted by atomic mass is 15.2. The maximum Gasteiger partial charge on any atom is 0.140 e. The van der Waals surface area contributed by atoms with Crippen LogP contribution in [0.15, 0.2) is 110 Å². The van der Waals surface area contributed by atoms with E-state index >= 15 is 0 Å². The average Bonchev–Trinajstić information content (AvgIpc) is 2.96. The first-order valence-electron chi connectivity index (χ1n) is 14.4. The number of fused-ring (bicyclic) bond motifs is 1. The summed E-state index contributed by atoms with van der Waals surface area (Å²) >= 11 is 0. The van der Waals surface area contributed by atoms with Crippen molar-refractivity contribution in [2.75, 3.05) is 9.80 Å². The molecule has 1 heterocycles. The fourth-order valence-corrected chi connectivity index (χ4v) is 6.32. The zero-order valence-corrected chi connectivity index (χ0v) is 25.2. The highest BCUT2D eigenvalue weighted by Gasteiger charge is 2.22. The van der Waals surface area contributed by atoms with Crippen LogP contribution in [0.3, 0.4) is 0 Å². The summed E-state index contributed by atoms with van der Waals surface area (Å²) in [7, 11) is 0. The van der Waals surface area contributed by atoms with Crippen LogP contribution in [0.1, 0.15) is 33.4 Å². The molecule has 4 heteroatoms. The molecule has 42 heavy (non-hydrogen) atoms. The summed E-state index contributed by atoms with van der Waals surface area (Å²) in [5.41, 5.74) is 13.2. The van der Waals surface area contributed by atoms with Crippen molar-refractivity contribution in [1.29, 1.82) is 0 Å². The lowest BCUT2D eigenvalue weighted by atomic mass is 9.98. The number of anilines is 6. The number of benzene rings is 5. The maximum atomic E-state index is 4.63. The summed E-state index contributed by atoms with van der Waals surface area (Å²) in [5.74, 6) is 0.820. The molecule has 0 atom stereocenters. The number of aromatic nitrogens is 2. The molecule has 0 aliphatic carbocycles. The summed E-state index contributed by atoms with van der Waals surface area (Å²) in [4.78, 5) is 13.4. The van der Waals surface area contributed by atoms with Crippen LogP contribution in [0.4, 0.5) is 34.3 Å². The molecule has 0 fully saturated rings. The minimum absolute atomic E-state index is 0.820. The zero-order chi connectivity index (χ0) is 29.4. The minimum atomic E-state index is 0.820. The van der Waals surface area contributed by atoms with Gasteiger partial charge in [0.1, 0.15) is 12.1 Å². The highest BCUT2D eigenvalue weighted by molar-refractivity contribution is 5.89. The Morgan fingerprint density at radius 1 is 0.476 bits per heavy atom. The van der Waals surface area contributed by atoms with Gasteiger partial charge in [-0.25, -0.2) is 9.97 Å². The number of aryl methyl sites for hydroxylation is 6. The van der Waals surface area contributed by atoms with Gasteiger partial charge < -0.3 is 4.90 Å². The van der Waals surface area contributed by atoms with E-state index in [-0.39, 0.29) is 0 Å². The zero-order valence-electron chi connectivity index (χ0n) is 25.2. The minimum Gasteiger partial charge on any atom is -0.309 e. The van der Waals surface area contributed by atoms with Crippen molar-refractivity contribution in [3.05, 3.63) is 143 Å². The Morgan fingerprint density at radius 2 is 0.976 bits per heavy atom. The fourth-order valence-electron chi connectivity index (χ4n) is 6.32. The molecule has 4 nitrogen and oxygen atoms in total. The molecule has 208 valence electrons. The molecule has 0 bridgehead atoms. The second-order valence-electron chi connectivity index (χ2n) is 11.3. The molecule has 0 N–H and O–H groups in total. The smallest absolute Gasteiger partial charge is 0.140 e. The Kier molecular flexibility index (Phi) is 7.22. The van der Waals surface area contributed by atoms with E-state index in [9.17, 15) is 0 Å². The van der Waals surface area contributed by atoms with Crippen LogP contribution in [0, 0.1) is 41.5 Å². The van der Waals surface area contributed by atoms with Crippen LogP contribution in [0.5, 0.6) is 0 Å². The van der Waals surface area contributed by atoms with E-state index in [0.29, 0.717) is 0 Å². The Hall–Kier alpha value is -4.96. The Morgan fingerprint density at radius 3 is 1.50 bits per heavy atom. The van der Waals surface area contributed by atoms with Crippen LogP contribution < -0.4 is 9.80 Å². The lowest BCUT2D eigenvalue weighted by molar-refractivity contribution is 1.11. The Labute approximate surface area is 248 Å². The summed E-state index contributed by atoms with van der Waals surface area (Å²) < 4.78 is 0. The van der Waals surface area contributed by atoms with Gasteiger partial charge in [-0.05, 0) is 117 Å². The molecule has 6 rings (SSSR count). The Balaban J connectivity index is 1.51. The van der Waals surface area contributed by atoms with Crippen molar-refractivity contribution in [3.8, 4) is 0 Å². The van der Waals surface area contributed by atoms with E-state index in [4.69, 9.17) is 0 Å². The van der Waals surface area contributed by atoms with Crippen LogP contribution in [-0.4, -0.2) is 9.97 Å². The molecule has 0 saturated carbocycles. The van der Waals surface area contributed by atoms with Crippen LogP contribution >= 0.6 is 0 Å². The number of hydrogen-bond donors (Lipinski definition) is 0. The average molecular weight is 549 g/mol. The summed E-state index contributed by atoms with van der Waals surface area (Å²) in [6, 6.07) is 34.9. The van der Waals surface area contributed by atoms with Gasteiger partial charge in [0, 0.05) is 23.3 Å². The maximum absolute atomic E-state index is 4.63. The van der Waals surface area contributed by atoms with Gasteiger partial charge in [0.2, 0.25) is 0 Å². The molecule has 1 aromatic heterocycles. The van der Waals surface area contributed by atoms with E-state index in [1.807, 2.05) is 6.07 Å². The van der Waals surface area contributed by atoms with Crippen LogP contribution in [0.25, 0.3) is 10.8 Å². The lowest BCUT2D eigenvalue weighted by Crippen LogP contribution is -2.16. The van der Waals surface area contributed by atoms with Crippen molar-refractivity contribution in [2.24, 2.45) is 0 Å². The molecule has 6 aromatic rings. The SMILES string of the molecule is Cc1cc(C)c(N(c2ccc(N(c3ccc4ccccc4c3)c3ccncn3)cc2)c2c(C)cc(C)cc2C)c(C)c1. The predicted octanol–water partition coefficient (Wildman–Crippen LogP) is 10.4. The molecular formula is C38H36N4. The van der Waals surface area contributed by atoms with Gasteiger partial charge in [-0.15, -0.1) is 0 Å². The predicted molar refractivity (Wildman–Crippen MR) is 177 cm³/mol. The van der Waals surface area contributed by atoms with Crippen LogP contribution in [0.2, 0.25) is 0 Å². The van der Waals surface area contributed by atoms with E-state index in [2.05, 4.69) is 152 Å². The van der Waals surface area contributed by atoms with Gasteiger partial charge in [0.05, 0.1) is 11.4 Å². The van der Waals surface area contributed by atoms with Gasteiger partial charge in [-0.1, -0.05) is 65.7 Å². The lowest BCUT2D eigenvalue weighted by Gasteiger charge is -2.32. The van der Waals surface area contributed by atoms with Gasteiger partial charge in [-0.2, -0.15) is 0 Å². The van der Waals surface area contributed by atoms with Gasteiger partial charge in [0.15, 0.2) is 0 Å². The van der Waals surface area contributed by atoms with Gasteiger partial charge in [-0.3, -0.25) is 4.90 Å². The first kappa shape index (κ1) is 27.2.